The highest BCUT2D eigenvalue weighted by Crippen LogP contribution is 2.28. The smallest absolute Gasteiger partial charge is 0.303 e. The zero-order valence-electron chi connectivity index (χ0n) is 11.8. The van der Waals surface area contributed by atoms with Crippen LogP contribution in [0.2, 0.25) is 10.2 Å². The molecule has 1 aromatic rings. The fourth-order valence-electron chi connectivity index (χ4n) is 2.72. The van der Waals surface area contributed by atoms with Gasteiger partial charge < -0.3 is 14.6 Å². The van der Waals surface area contributed by atoms with Crippen molar-refractivity contribution in [3.8, 4) is 0 Å². The summed E-state index contributed by atoms with van der Waals surface area (Å²) in [6.07, 6.45) is 2.61. The van der Waals surface area contributed by atoms with Crippen molar-refractivity contribution in [1.29, 1.82) is 0 Å². The zero-order valence-corrected chi connectivity index (χ0v) is 13.3. The Morgan fingerprint density at radius 2 is 2.14 bits per heavy atom. The van der Waals surface area contributed by atoms with Gasteiger partial charge in [0, 0.05) is 26.6 Å². The average Bonchev–Trinajstić information content (AvgIpc) is 2.72. The first-order chi connectivity index (χ1) is 9.90. The molecule has 116 valence electrons. The molecule has 0 aromatic carbocycles. The van der Waals surface area contributed by atoms with Crippen LogP contribution in [0.1, 0.15) is 36.2 Å². The van der Waals surface area contributed by atoms with Crippen LogP contribution in [0.4, 0.5) is 0 Å². The van der Waals surface area contributed by atoms with Crippen LogP contribution in [0.25, 0.3) is 0 Å². The van der Waals surface area contributed by atoms with E-state index in [0.29, 0.717) is 35.4 Å². The van der Waals surface area contributed by atoms with Crippen LogP contribution in [-0.2, 0) is 11.8 Å². The van der Waals surface area contributed by atoms with Crippen LogP contribution in [0.15, 0.2) is 6.07 Å². The Bertz CT molecular complexity index is 557. The van der Waals surface area contributed by atoms with Crippen molar-refractivity contribution in [2.45, 2.75) is 25.7 Å². The predicted octanol–water partition coefficient (Wildman–Crippen LogP) is 3.05. The minimum atomic E-state index is -0.792. The molecule has 1 amide bonds. The van der Waals surface area contributed by atoms with Crippen molar-refractivity contribution < 1.29 is 14.7 Å². The molecule has 7 heteroatoms. The topological polar surface area (TPSA) is 62.5 Å². The molecule has 1 N–H and O–H groups in total. The van der Waals surface area contributed by atoms with Gasteiger partial charge >= 0.3 is 5.97 Å². The fourth-order valence-corrected chi connectivity index (χ4v) is 3.10. The van der Waals surface area contributed by atoms with E-state index in [4.69, 9.17) is 28.3 Å². The summed E-state index contributed by atoms with van der Waals surface area (Å²) in [5, 5.41) is 9.46. The van der Waals surface area contributed by atoms with Gasteiger partial charge in [-0.15, -0.1) is 0 Å². The molecule has 0 aliphatic carbocycles. The summed E-state index contributed by atoms with van der Waals surface area (Å²) in [5.74, 6) is -0.657. The molecule has 0 saturated carbocycles. The Morgan fingerprint density at radius 3 is 2.71 bits per heavy atom. The van der Waals surface area contributed by atoms with E-state index in [2.05, 4.69) is 0 Å². The van der Waals surface area contributed by atoms with Crippen LogP contribution < -0.4 is 0 Å². The van der Waals surface area contributed by atoms with Crippen molar-refractivity contribution in [1.82, 2.24) is 9.47 Å². The first-order valence-electron chi connectivity index (χ1n) is 6.92. The Balaban J connectivity index is 2.05. The summed E-state index contributed by atoms with van der Waals surface area (Å²) in [4.78, 5) is 25.0. The SMILES string of the molecule is Cn1c(C(=O)N2CCC[C@H](CCC(=O)O)C2)cc(Cl)c1Cl. The highest BCUT2D eigenvalue weighted by atomic mass is 35.5. The predicted molar refractivity (Wildman–Crippen MR) is 80.9 cm³/mol. The molecule has 1 atom stereocenters. The number of piperidine rings is 1. The van der Waals surface area contributed by atoms with Crippen LogP contribution in [0.5, 0.6) is 0 Å². The van der Waals surface area contributed by atoms with Crippen molar-refractivity contribution in [2.24, 2.45) is 13.0 Å². The van der Waals surface area contributed by atoms with Gasteiger partial charge in [-0.1, -0.05) is 23.2 Å². The molecule has 1 aliphatic heterocycles. The van der Waals surface area contributed by atoms with Crippen LogP contribution in [-0.4, -0.2) is 39.5 Å². The molecule has 2 rings (SSSR count). The minimum absolute atomic E-state index is 0.105. The third kappa shape index (κ3) is 3.71. The van der Waals surface area contributed by atoms with E-state index in [1.54, 1.807) is 22.6 Å². The summed E-state index contributed by atoms with van der Waals surface area (Å²) >= 11 is 11.9. The van der Waals surface area contributed by atoms with Crippen molar-refractivity contribution in [3.63, 3.8) is 0 Å². The van der Waals surface area contributed by atoms with Crippen molar-refractivity contribution in [2.75, 3.05) is 13.1 Å². The standard InChI is InChI=1S/C14H18Cl2N2O3/c1-17-11(7-10(15)13(17)16)14(21)18-6-2-3-9(8-18)4-5-12(19)20/h7,9H,2-6,8H2,1H3,(H,19,20)/t9-/m1/s1. The molecule has 21 heavy (non-hydrogen) atoms. The molecule has 2 heterocycles. The van der Waals surface area contributed by atoms with Crippen LogP contribution in [0.3, 0.4) is 0 Å². The third-order valence-corrected chi connectivity index (χ3v) is 4.75. The van der Waals surface area contributed by atoms with Crippen LogP contribution in [0, 0.1) is 5.92 Å². The summed E-state index contributed by atoms with van der Waals surface area (Å²) in [6.45, 7) is 1.27. The normalized spacial score (nSPS) is 18.8. The van der Waals surface area contributed by atoms with E-state index in [0.717, 1.165) is 12.8 Å². The van der Waals surface area contributed by atoms with Gasteiger partial charge in [0.2, 0.25) is 0 Å². The second kappa shape index (κ2) is 6.71. The van der Waals surface area contributed by atoms with Gasteiger partial charge in [-0.05, 0) is 31.2 Å². The molecular formula is C14H18Cl2N2O3. The number of carbonyl (C=O) groups excluding carboxylic acids is 1. The highest BCUT2D eigenvalue weighted by molar-refractivity contribution is 6.41. The van der Waals surface area contributed by atoms with E-state index >= 15 is 0 Å². The lowest BCUT2D eigenvalue weighted by Crippen LogP contribution is -2.40. The van der Waals surface area contributed by atoms with E-state index in [1.165, 1.54) is 0 Å². The van der Waals surface area contributed by atoms with Crippen molar-refractivity contribution in [3.05, 3.63) is 21.9 Å². The maximum Gasteiger partial charge on any atom is 0.303 e. The van der Waals surface area contributed by atoms with Gasteiger partial charge in [-0.3, -0.25) is 9.59 Å². The maximum absolute atomic E-state index is 12.5. The maximum atomic E-state index is 12.5. The number of aromatic nitrogens is 1. The second-order valence-corrected chi connectivity index (χ2v) is 6.18. The lowest BCUT2D eigenvalue weighted by Gasteiger charge is -2.32. The van der Waals surface area contributed by atoms with E-state index in [-0.39, 0.29) is 18.2 Å². The summed E-state index contributed by atoms with van der Waals surface area (Å²) < 4.78 is 1.58. The molecule has 0 radical (unpaired) electrons. The molecule has 0 bridgehead atoms. The zero-order chi connectivity index (χ0) is 15.6. The minimum Gasteiger partial charge on any atom is -0.481 e. The lowest BCUT2D eigenvalue weighted by atomic mass is 9.93. The van der Waals surface area contributed by atoms with Gasteiger partial charge in [0.05, 0.1) is 5.02 Å². The molecule has 1 saturated heterocycles. The van der Waals surface area contributed by atoms with E-state index < -0.39 is 5.97 Å². The van der Waals surface area contributed by atoms with Gasteiger partial charge in [0.25, 0.3) is 5.91 Å². The molecule has 5 nitrogen and oxygen atoms in total. The van der Waals surface area contributed by atoms with E-state index in [9.17, 15) is 9.59 Å². The number of amides is 1. The Kier molecular flexibility index (Phi) is 5.17. The molecule has 1 fully saturated rings. The Labute approximate surface area is 133 Å². The number of aliphatic carboxylic acids is 1. The monoisotopic (exact) mass is 332 g/mol. The van der Waals surface area contributed by atoms with Crippen LogP contribution >= 0.6 is 23.2 Å². The van der Waals surface area contributed by atoms with Crippen molar-refractivity contribution >= 4 is 35.1 Å². The molecule has 0 unspecified atom stereocenters. The average molecular weight is 333 g/mol. The number of carboxylic acid groups (broad SMARTS) is 1. The first-order valence-corrected chi connectivity index (χ1v) is 7.67. The first kappa shape index (κ1) is 16.2. The second-order valence-electron chi connectivity index (χ2n) is 5.42. The van der Waals surface area contributed by atoms with Gasteiger partial charge in [0.15, 0.2) is 0 Å². The number of halogens is 2. The molecule has 0 spiro atoms. The Morgan fingerprint density at radius 1 is 1.43 bits per heavy atom. The summed E-state index contributed by atoms with van der Waals surface area (Å²) in [6, 6.07) is 1.58. The number of likely N-dealkylation sites (tertiary alicyclic amines) is 1. The van der Waals surface area contributed by atoms with Gasteiger partial charge in [0.1, 0.15) is 10.8 Å². The number of hydrogen-bond acceptors (Lipinski definition) is 2. The molecular weight excluding hydrogens is 315 g/mol. The number of carbonyl (C=O) groups is 2. The van der Waals surface area contributed by atoms with Gasteiger partial charge in [-0.2, -0.15) is 0 Å². The number of carboxylic acids is 1. The number of hydrogen-bond donors (Lipinski definition) is 1. The molecule has 1 aromatic heterocycles. The van der Waals surface area contributed by atoms with E-state index in [1.807, 2.05) is 0 Å². The van der Waals surface area contributed by atoms with Gasteiger partial charge in [-0.25, -0.2) is 0 Å². The number of nitrogens with zero attached hydrogens (tertiary/aromatic N) is 2. The Hall–Kier alpha value is -1.20. The third-order valence-electron chi connectivity index (χ3n) is 3.91. The molecule has 1 aliphatic rings. The number of rotatable bonds is 4. The fraction of sp³-hybridized carbons (Fsp3) is 0.571. The highest BCUT2D eigenvalue weighted by Gasteiger charge is 2.27. The summed E-state index contributed by atoms with van der Waals surface area (Å²) in [5.41, 5.74) is 0.462. The quantitative estimate of drug-likeness (QED) is 0.921. The summed E-state index contributed by atoms with van der Waals surface area (Å²) in [7, 11) is 1.70. The largest absolute Gasteiger partial charge is 0.481 e. The lowest BCUT2D eigenvalue weighted by molar-refractivity contribution is -0.137.